The lowest BCUT2D eigenvalue weighted by Crippen LogP contribution is -2.31. The first kappa shape index (κ1) is 34.0. The van der Waals surface area contributed by atoms with E-state index in [1.807, 2.05) is 42.5 Å². The highest BCUT2D eigenvalue weighted by Gasteiger charge is 2.60. The number of carbonyl (C=O) groups excluding carboxylic acids is 1. The van der Waals surface area contributed by atoms with E-state index in [4.69, 9.17) is 24.7 Å². The number of nitrogens with two attached hydrogens (primary N) is 1. The average Bonchev–Trinajstić information content (AvgIpc) is 3.56. The molecule has 4 rings (SSSR count). The number of ether oxygens (including phenoxy) is 4. The number of benzene rings is 2. The Morgan fingerprint density at radius 2 is 1.50 bits per heavy atom. The molecule has 6 N–H and O–H groups in total. The van der Waals surface area contributed by atoms with Gasteiger partial charge >= 0.3 is 5.97 Å². The third-order valence-electron chi connectivity index (χ3n) is 8.62. The Bertz CT molecular complexity index is 1140. The number of nitrogens with one attached hydrogen (secondary N) is 3. The molecule has 1 fully saturated rings. The van der Waals surface area contributed by atoms with E-state index in [9.17, 15) is 9.90 Å². The van der Waals surface area contributed by atoms with Crippen molar-refractivity contribution >= 4 is 5.97 Å². The summed E-state index contributed by atoms with van der Waals surface area (Å²) in [6.45, 7) is 7.48. The van der Waals surface area contributed by atoms with Gasteiger partial charge in [-0.3, -0.25) is 4.79 Å². The van der Waals surface area contributed by atoms with Gasteiger partial charge in [-0.2, -0.15) is 0 Å². The van der Waals surface area contributed by atoms with Gasteiger partial charge in [0.05, 0.1) is 38.8 Å². The summed E-state index contributed by atoms with van der Waals surface area (Å²) < 4.78 is 23.4. The first-order valence-electron chi connectivity index (χ1n) is 16.2. The van der Waals surface area contributed by atoms with Gasteiger partial charge in [0.15, 0.2) is 0 Å². The summed E-state index contributed by atoms with van der Waals surface area (Å²) in [4.78, 5) is 12.8. The fourth-order valence-electron chi connectivity index (χ4n) is 6.42. The number of fused-ring (bicyclic) bond motifs is 3. The van der Waals surface area contributed by atoms with Gasteiger partial charge in [0.2, 0.25) is 0 Å². The first-order valence-corrected chi connectivity index (χ1v) is 16.2. The van der Waals surface area contributed by atoms with E-state index in [2.05, 4.69) is 16.0 Å². The second kappa shape index (κ2) is 18.2. The zero-order valence-electron chi connectivity index (χ0n) is 26.4. The number of hydrogen-bond donors (Lipinski definition) is 5. The van der Waals surface area contributed by atoms with E-state index in [1.54, 1.807) is 7.11 Å². The minimum atomic E-state index is -0.970. The van der Waals surface area contributed by atoms with E-state index < -0.39 is 30.0 Å². The molecule has 1 heterocycles. The zero-order chi connectivity index (χ0) is 31.1. The van der Waals surface area contributed by atoms with Crippen molar-refractivity contribution in [3.63, 3.8) is 0 Å². The number of methoxy groups -OCH3 is 2. The van der Waals surface area contributed by atoms with Crippen molar-refractivity contribution in [1.82, 2.24) is 16.0 Å². The molecule has 10 nitrogen and oxygen atoms in total. The Morgan fingerprint density at radius 3 is 2.14 bits per heavy atom. The van der Waals surface area contributed by atoms with Gasteiger partial charge < -0.3 is 45.7 Å². The minimum absolute atomic E-state index is 0.354. The predicted octanol–water partition coefficient (Wildman–Crippen LogP) is 2.93. The molecule has 10 heteroatoms. The van der Waals surface area contributed by atoms with Crippen molar-refractivity contribution in [3.05, 3.63) is 53.6 Å². The van der Waals surface area contributed by atoms with Crippen molar-refractivity contribution in [3.8, 4) is 17.2 Å². The third-order valence-corrected chi connectivity index (χ3v) is 8.62. The van der Waals surface area contributed by atoms with Crippen LogP contribution in [-0.2, 0) is 9.53 Å². The van der Waals surface area contributed by atoms with Crippen LogP contribution in [0, 0.1) is 5.92 Å². The van der Waals surface area contributed by atoms with Crippen LogP contribution in [0.15, 0.2) is 42.5 Å². The molecule has 244 valence electrons. The van der Waals surface area contributed by atoms with Gasteiger partial charge in [0, 0.05) is 23.6 Å². The van der Waals surface area contributed by atoms with Crippen LogP contribution in [0.4, 0.5) is 0 Å². The van der Waals surface area contributed by atoms with Crippen molar-refractivity contribution in [2.75, 3.05) is 66.6 Å². The van der Waals surface area contributed by atoms with Gasteiger partial charge in [-0.25, -0.2) is 0 Å². The second-order valence-corrected chi connectivity index (χ2v) is 11.6. The molecule has 0 aromatic heterocycles. The average molecular weight is 613 g/mol. The molecule has 0 saturated heterocycles. The Morgan fingerprint density at radius 1 is 0.864 bits per heavy atom. The van der Waals surface area contributed by atoms with Gasteiger partial charge in [-0.15, -0.1) is 0 Å². The fourth-order valence-corrected chi connectivity index (χ4v) is 6.42. The molecule has 1 saturated carbocycles. The Hall–Kier alpha value is -2.89. The number of carbonyl (C=O) groups is 1. The molecule has 0 bridgehead atoms. The van der Waals surface area contributed by atoms with Crippen LogP contribution in [0.2, 0.25) is 0 Å². The van der Waals surface area contributed by atoms with Crippen LogP contribution in [0.3, 0.4) is 0 Å². The van der Waals surface area contributed by atoms with Gasteiger partial charge in [-0.05, 0) is 89.9 Å². The maximum Gasteiger partial charge on any atom is 0.312 e. The number of aliphatic hydroxyl groups is 1. The van der Waals surface area contributed by atoms with Crippen LogP contribution in [0.25, 0.3) is 0 Å². The number of esters is 1. The minimum Gasteiger partial charge on any atom is -0.496 e. The van der Waals surface area contributed by atoms with Crippen molar-refractivity contribution in [1.29, 1.82) is 0 Å². The van der Waals surface area contributed by atoms with Crippen molar-refractivity contribution in [2.24, 2.45) is 11.7 Å². The Balaban J connectivity index is 1.18. The Labute approximate surface area is 262 Å². The van der Waals surface area contributed by atoms with Gasteiger partial charge in [0.1, 0.15) is 23.4 Å². The molecule has 2 aliphatic rings. The summed E-state index contributed by atoms with van der Waals surface area (Å²) in [5, 5.41) is 21.9. The Kier molecular flexibility index (Phi) is 14.0. The molecule has 44 heavy (non-hydrogen) atoms. The summed E-state index contributed by atoms with van der Waals surface area (Å²) in [7, 11) is 2.96. The van der Waals surface area contributed by atoms with Gasteiger partial charge in [0.25, 0.3) is 0 Å². The van der Waals surface area contributed by atoms with Crippen LogP contribution in [-0.4, -0.2) is 89.9 Å². The van der Waals surface area contributed by atoms with Gasteiger partial charge in [-0.1, -0.05) is 30.3 Å². The van der Waals surface area contributed by atoms with E-state index in [-0.39, 0.29) is 5.92 Å². The smallest absolute Gasteiger partial charge is 0.312 e. The van der Waals surface area contributed by atoms with Crippen molar-refractivity contribution in [2.45, 2.75) is 62.6 Å². The second-order valence-electron chi connectivity index (χ2n) is 11.6. The lowest BCUT2D eigenvalue weighted by Gasteiger charge is -2.24. The van der Waals surface area contributed by atoms with Crippen LogP contribution < -0.4 is 35.9 Å². The molecule has 0 spiro atoms. The number of unbranched alkanes of at least 4 members (excludes halogenated alkanes) is 2. The summed E-state index contributed by atoms with van der Waals surface area (Å²) in [6, 6.07) is 13.4. The predicted molar refractivity (Wildman–Crippen MR) is 172 cm³/mol. The highest BCUT2D eigenvalue weighted by Crippen LogP contribution is 2.58. The SMILES string of the molecule is COC(=O)C1C(O)C2c3c(OC)cc(OCCCCNCCCNCCCCNCCCN)cc3OC2[C@@H]1c1ccccc1. The molecule has 1 aliphatic heterocycles. The summed E-state index contributed by atoms with van der Waals surface area (Å²) in [6.07, 6.45) is 5.09. The molecule has 1 aliphatic carbocycles. The maximum atomic E-state index is 12.8. The molecule has 5 atom stereocenters. The van der Waals surface area contributed by atoms with Crippen LogP contribution in [0.5, 0.6) is 17.2 Å². The molecule has 2 aromatic rings. The van der Waals surface area contributed by atoms with E-state index in [1.165, 1.54) is 20.0 Å². The number of rotatable bonds is 21. The van der Waals surface area contributed by atoms with Crippen molar-refractivity contribution < 1.29 is 28.8 Å². The van der Waals surface area contributed by atoms with Crippen LogP contribution >= 0.6 is 0 Å². The first-order chi connectivity index (χ1) is 21.6. The normalized spacial score (nSPS) is 21.9. The quantitative estimate of drug-likeness (QED) is 0.106. The lowest BCUT2D eigenvalue weighted by atomic mass is 9.87. The molecule has 2 aromatic carbocycles. The van der Waals surface area contributed by atoms with E-state index in [0.717, 1.165) is 82.6 Å². The largest absolute Gasteiger partial charge is 0.496 e. The molecule has 4 unspecified atom stereocenters. The standard InChI is InChI=1S/C34H52N4O6/c1-41-26-22-25(43-21-9-8-17-38-20-11-19-37-16-7-6-15-36-18-10-14-35)23-27-29(26)30-32(39)31(34(40)42-2)28(33(30)44-27)24-12-4-3-5-13-24/h3-5,12-13,22-23,28,30-33,36-39H,6-11,14-21,35H2,1-2H3/t28-,30?,31?,32?,33?/m1/s1. The molecule has 0 amide bonds. The fraction of sp³-hybridized carbons (Fsp3) is 0.618. The monoisotopic (exact) mass is 612 g/mol. The molecular formula is C34H52N4O6. The molecule has 0 radical (unpaired) electrons. The third kappa shape index (κ3) is 8.85. The van der Waals surface area contributed by atoms with E-state index in [0.29, 0.717) is 23.9 Å². The van der Waals surface area contributed by atoms with Crippen LogP contribution in [0.1, 0.15) is 61.5 Å². The number of hydrogen-bond acceptors (Lipinski definition) is 10. The summed E-state index contributed by atoms with van der Waals surface area (Å²) >= 11 is 0. The molecular weight excluding hydrogens is 560 g/mol. The topological polar surface area (TPSA) is 136 Å². The highest BCUT2D eigenvalue weighted by molar-refractivity contribution is 5.76. The summed E-state index contributed by atoms with van der Waals surface area (Å²) in [5.74, 6) is -0.0551. The lowest BCUT2D eigenvalue weighted by molar-refractivity contribution is -0.149. The van der Waals surface area contributed by atoms with E-state index >= 15 is 0 Å². The summed E-state index contributed by atoms with van der Waals surface area (Å²) in [5.41, 5.74) is 7.20. The zero-order valence-corrected chi connectivity index (χ0v) is 26.4. The number of aliphatic hydroxyl groups excluding tert-OH is 1. The maximum absolute atomic E-state index is 12.8. The highest BCUT2D eigenvalue weighted by atomic mass is 16.5.